The Bertz CT molecular complexity index is 3780. The average molecular weight is 779 g/mol. The van der Waals surface area contributed by atoms with Crippen LogP contribution in [0.2, 0.25) is 0 Å². The van der Waals surface area contributed by atoms with Gasteiger partial charge in [-0.05, 0) is 99.8 Å². The second kappa shape index (κ2) is 12.6. The van der Waals surface area contributed by atoms with Crippen molar-refractivity contribution in [2.24, 2.45) is 0 Å². The Balaban J connectivity index is 1.06. The average Bonchev–Trinajstić information content (AvgIpc) is 3.90. The third kappa shape index (κ3) is 4.87. The number of hydrogen-bond acceptors (Lipinski definition) is 2. The number of hydrogen-bond donors (Lipinski definition) is 0. The molecule has 61 heavy (non-hydrogen) atoms. The van der Waals surface area contributed by atoms with Crippen molar-refractivity contribution in [2.45, 2.75) is 19.3 Å². The van der Waals surface area contributed by atoms with E-state index in [9.17, 15) is 0 Å². The second-order valence-corrected chi connectivity index (χ2v) is 17.0. The molecule has 0 saturated heterocycles. The van der Waals surface area contributed by atoms with Gasteiger partial charge in [-0.15, -0.1) is 0 Å². The van der Waals surface area contributed by atoms with E-state index in [1.54, 1.807) is 0 Å². The van der Waals surface area contributed by atoms with E-state index >= 15 is 0 Å². The maximum absolute atomic E-state index is 5.28. The van der Waals surface area contributed by atoms with Gasteiger partial charge in [0.25, 0.3) is 0 Å². The highest BCUT2D eigenvalue weighted by Gasteiger charge is 2.36. The predicted molar refractivity (Wildman–Crippen MR) is 254 cm³/mol. The van der Waals surface area contributed by atoms with Crippen LogP contribution in [0.4, 0.5) is 0 Å². The van der Waals surface area contributed by atoms with E-state index in [0.717, 1.165) is 44.9 Å². The number of benzene rings is 9. The number of rotatable bonds is 4. The van der Waals surface area contributed by atoms with Crippen LogP contribution in [0.15, 0.2) is 194 Å². The molecule has 0 N–H and O–H groups in total. The van der Waals surface area contributed by atoms with Gasteiger partial charge in [-0.3, -0.25) is 0 Å². The van der Waals surface area contributed by atoms with Gasteiger partial charge in [0.05, 0.1) is 44.5 Å². The lowest BCUT2D eigenvalue weighted by Gasteiger charge is -2.22. The minimum Gasteiger partial charge on any atom is -0.309 e. The molecule has 3 aromatic heterocycles. The van der Waals surface area contributed by atoms with Crippen molar-refractivity contribution in [3.8, 4) is 45.0 Å². The molecule has 4 nitrogen and oxygen atoms in total. The van der Waals surface area contributed by atoms with Gasteiger partial charge in [-0.1, -0.05) is 141 Å². The van der Waals surface area contributed by atoms with Crippen LogP contribution in [-0.4, -0.2) is 19.1 Å². The summed E-state index contributed by atoms with van der Waals surface area (Å²) in [5, 5.41) is 7.55. The van der Waals surface area contributed by atoms with Crippen molar-refractivity contribution in [1.29, 1.82) is 0 Å². The lowest BCUT2D eigenvalue weighted by molar-refractivity contribution is 0.660. The van der Waals surface area contributed by atoms with Crippen molar-refractivity contribution in [1.82, 2.24) is 19.1 Å². The molecule has 286 valence electrons. The normalized spacial score (nSPS) is 13.2. The zero-order valence-electron chi connectivity index (χ0n) is 33.8. The molecule has 1 aliphatic rings. The maximum atomic E-state index is 5.28. The highest BCUT2D eigenvalue weighted by Crippen LogP contribution is 2.51. The molecule has 9 aromatic carbocycles. The highest BCUT2D eigenvalue weighted by atomic mass is 15.0. The molecule has 12 aromatic rings. The minimum absolute atomic E-state index is 0.175. The molecular formula is C57H38N4. The first-order valence-corrected chi connectivity index (χ1v) is 21.1. The van der Waals surface area contributed by atoms with Crippen LogP contribution in [0.25, 0.3) is 110 Å². The summed E-state index contributed by atoms with van der Waals surface area (Å²) in [5.41, 5.74) is 17.7. The quantitative estimate of drug-likeness (QED) is 0.178. The molecule has 13 rings (SSSR count). The summed E-state index contributed by atoms with van der Waals surface area (Å²) in [7, 11) is 0. The van der Waals surface area contributed by atoms with E-state index in [-0.39, 0.29) is 5.41 Å². The summed E-state index contributed by atoms with van der Waals surface area (Å²) in [6.45, 7) is 4.71. The fraction of sp³-hybridized carbons (Fsp3) is 0.0526. The first-order valence-electron chi connectivity index (χ1n) is 21.1. The number of fused-ring (bicyclic) bond motifs is 12. The molecule has 4 heteroatoms. The van der Waals surface area contributed by atoms with Crippen molar-refractivity contribution in [3.05, 3.63) is 205 Å². The topological polar surface area (TPSA) is 35.6 Å². The Labute approximate surface area is 352 Å². The maximum Gasteiger partial charge on any atom is 0.0973 e. The summed E-state index contributed by atoms with van der Waals surface area (Å²) in [6.07, 6.45) is 0. The third-order valence-electron chi connectivity index (χ3n) is 13.3. The third-order valence-corrected chi connectivity index (χ3v) is 13.3. The van der Waals surface area contributed by atoms with E-state index in [1.165, 1.54) is 76.6 Å². The van der Waals surface area contributed by atoms with E-state index < -0.39 is 0 Å². The van der Waals surface area contributed by atoms with E-state index in [0.29, 0.717) is 0 Å². The van der Waals surface area contributed by atoms with Gasteiger partial charge in [-0.25, -0.2) is 9.97 Å². The Morgan fingerprint density at radius 3 is 1.77 bits per heavy atom. The molecule has 0 aliphatic heterocycles. The number of nitrogens with zero attached hydrogens (tertiary/aromatic N) is 4. The standard InChI is InChI=1S/C57H38N4/c1-57(2)46-28-25-37(56-55(36-16-5-3-6-17-36)58-48-22-12-13-23-49(48)59-56)31-42(46)43-32-39(27-29-47(43)57)61-50-24-14-11-21-41(50)44-33-45-53(34-52(44)61)60(38-18-7-4-8-19-38)51-30-26-35-15-9-10-20-40(35)54(45)51/h3-34H,1-2H3. The van der Waals surface area contributed by atoms with Gasteiger partial charge >= 0.3 is 0 Å². The minimum atomic E-state index is -0.175. The van der Waals surface area contributed by atoms with Crippen LogP contribution in [0.3, 0.4) is 0 Å². The largest absolute Gasteiger partial charge is 0.309 e. The first kappa shape index (κ1) is 34.1. The Hall–Kier alpha value is -7.82. The molecule has 1 aliphatic carbocycles. The molecule has 0 fully saturated rings. The van der Waals surface area contributed by atoms with Gasteiger partial charge in [-0.2, -0.15) is 0 Å². The molecule has 0 amide bonds. The van der Waals surface area contributed by atoms with Gasteiger partial charge in [0.2, 0.25) is 0 Å². The Kier molecular flexibility index (Phi) is 7.04. The van der Waals surface area contributed by atoms with Gasteiger partial charge in [0.1, 0.15) is 0 Å². The molecule has 0 radical (unpaired) electrons. The number of para-hydroxylation sites is 4. The van der Waals surface area contributed by atoms with Crippen LogP contribution in [0.1, 0.15) is 25.0 Å². The van der Waals surface area contributed by atoms with E-state index in [4.69, 9.17) is 9.97 Å². The summed E-state index contributed by atoms with van der Waals surface area (Å²) in [6, 6.07) is 70.5. The monoisotopic (exact) mass is 778 g/mol. The van der Waals surface area contributed by atoms with Crippen LogP contribution < -0.4 is 0 Å². The zero-order valence-corrected chi connectivity index (χ0v) is 33.8. The summed E-state index contributed by atoms with van der Waals surface area (Å²) in [4.78, 5) is 10.5. The van der Waals surface area contributed by atoms with Crippen molar-refractivity contribution in [3.63, 3.8) is 0 Å². The van der Waals surface area contributed by atoms with Crippen molar-refractivity contribution in [2.75, 3.05) is 0 Å². The molecule has 0 spiro atoms. The lowest BCUT2D eigenvalue weighted by Crippen LogP contribution is -2.15. The van der Waals surface area contributed by atoms with Crippen LogP contribution in [0, 0.1) is 0 Å². The van der Waals surface area contributed by atoms with Crippen LogP contribution >= 0.6 is 0 Å². The van der Waals surface area contributed by atoms with Crippen molar-refractivity contribution < 1.29 is 0 Å². The van der Waals surface area contributed by atoms with Crippen LogP contribution in [0.5, 0.6) is 0 Å². The molecule has 0 bridgehead atoms. The fourth-order valence-corrected chi connectivity index (χ4v) is 10.4. The highest BCUT2D eigenvalue weighted by molar-refractivity contribution is 6.25. The number of aromatic nitrogens is 4. The summed E-state index contributed by atoms with van der Waals surface area (Å²) in [5.74, 6) is 0. The Morgan fingerprint density at radius 2 is 0.984 bits per heavy atom. The van der Waals surface area contributed by atoms with Gasteiger partial charge in [0, 0.05) is 49.5 Å². The predicted octanol–water partition coefficient (Wildman–Crippen LogP) is 14.6. The molecule has 0 atom stereocenters. The van der Waals surface area contributed by atoms with Crippen LogP contribution in [-0.2, 0) is 5.41 Å². The molecule has 0 unspecified atom stereocenters. The van der Waals surface area contributed by atoms with Gasteiger partial charge < -0.3 is 9.13 Å². The molecule has 0 saturated carbocycles. The second-order valence-electron chi connectivity index (χ2n) is 17.0. The smallest absolute Gasteiger partial charge is 0.0973 e. The first-order chi connectivity index (χ1) is 30.0. The molecular weight excluding hydrogens is 741 g/mol. The zero-order chi connectivity index (χ0) is 40.4. The summed E-state index contributed by atoms with van der Waals surface area (Å²) < 4.78 is 4.92. The SMILES string of the molecule is CC1(C)c2ccc(-c3nc4ccccc4nc3-c3ccccc3)cc2-c2cc(-n3c4ccccc4c4cc5c6c7ccccc7ccc6n(-c6ccccc6)c5cc43)ccc21. The summed E-state index contributed by atoms with van der Waals surface area (Å²) >= 11 is 0. The lowest BCUT2D eigenvalue weighted by atomic mass is 9.82. The Morgan fingerprint density at radius 1 is 0.377 bits per heavy atom. The fourth-order valence-electron chi connectivity index (χ4n) is 10.4. The molecule has 3 heterocycles. The van der Waals surface area contributed by atoms with Crippen molar-refractivity contribution >= 4 is 65.4 Å². The van der Waals surface area contributed by atoms with E-state index in [2.05, 4.69) is 193 Å². The van der Waals surface area contributed by atoms with Gasteiger partial charge in [0.15, 0.2) is 0 Å². The van der Waals surface area contributed by atoms with E-state index in [1.807, 2.05) is 24.3 Å².